The van der Waals surface area contributed by atoms with E-state index in [-0.39, 0.29) is 25.7 Å². The van der Waals surface area contributed by atoms with E-state index in [2.05, 4.69) is 48.5 Å². The van der Waals surface area contributed by atoms with Gasteiger partial charge in [-0.25, -0.2) is 9.13 Å². The average molecular weight is 1490 g/mol. The van der Waals surface area contributed by atoms with Gasteiger partial charge in [-0.1, -0.05) is 382 Å². The number of aliphatic hydroxyl groups is 1. The molecule has 0 amide bonds. The standard InChI is InChI=1S/C83H162O17P2/c1-8-10-11-12-13-14-15-16-27-33-38-43-52-59-66-83(88)100-79(71-94-81(86)65-58-51-46-45-49-56-63-76(7)9-2)73-98-102(91,92)96-69-77(84)68-95-101(89,90)97-72-78(99-82(87)67-60-53-44-39-34-29-24-20-18-22-26-31-36-41-48-55-62-75(5)6)70-93-80(85)64-57-50-42-37-32-28-23-19-17-21-25-30-35-40-47-54-61-74(3)4/h74-79,84H,8-73H2,1-7H3,(H,89,90)(H,91,92)/t76?,77-,78-,79-/m1/s1. The van der Waals surface area contributed by atoms with Crippen molar-refractivity contribution in [2.45, 2.75) is 452 Å². The SMILES string of the molecule is CCCCCCCCCCCCCCCCC(=O)O[C@H](COC(=O)CCCCCCCCC(C)CC)COP(=O)(O)OC[C@H](O)COP(=O)(O)OC[C@@H](COC(=O)CCCCCCCCCCCCCCCCCCC(C)C)OC(=O)CCCCCCCCCCCCCCCCCCC(C)C. The highest BCUT2D eigenvalue weighted by molar-refractivity contribution is 7.47. The first-order valence-electron chi connectivity index (χ1n) is 42.9. The summed E-state index contributed by atoms with van der Waals surface area (Å²) in [7, 11) is -9.92. The second-order valence-electron chi connectivity index (χ2n) is 31.1. The summed E-state index contributed by atoms with van der Waals surface area (Å²) in [6.45, 7) is 12.0. The summed E-state index contributed by atoms with van der Waals surface area (Å²) in [5.74, 6) is 0.244. The third kappa shape index (κ3) is 74.9. The maximum absolute atomic E-state index is 13.1. The lowest BCUT2D eigenvalue weighted by Gasteiger charge is -2.21. The van der Waals surface area contributed by atoms with Crippen molar-refractivity contribution < 1.29 is 80.2 Å². The van der Waals surface area contributed by atoms with Crippen molar-refractivity contribution in [2.75, 3.05) is 39.6 Å². The number of hydrogen-bond acceptors (Lipinski definition) is 15. The molecular weight excluding hydrogens is 1330 g/mol. The van der Waals surface area contributed by atoms with Crippen LogP contribution < -0.4 is 0 Å². The zero-order chi connectivity index (χ0) is 75.1. The van der Waals surface area contributed by atoms with Crippen molar-refractivity contribution >= 4 is 39.5 Å². The molecule has 606 valence electrons. The fraction of sp³-hybridized carbons (Fsp3) is 0.952. The van der Waals surface area contributed by atoms with Crippen LogP contribution in [0, 0.1) is 17.8 Å². The molecule has 0 aliphatic heterocycles. The number of aliphatic hydroxyl groups excluding tert-OH is 1. The molecule has 19 heteroatoms. The lowest BCUT2D eigenvalue weighted by atomic mass is 10.00. The van der Waals surface area contributed by atoms with E-state index >= 15 is 0 Å². The highest BCUT2D eigenvalue weighted by atomic mass is 31.2. The van der Waals surface area contributed by atoms with Crippen LogP contribution in [-0.4, -0.2) is 96.7 Å². The smallest absolute Gasteiger partial charge is 0.462 e. The molecule has 3 N–H and O–H groups in total. The molecule has 17 nitrogen and oxygen atoms in total. The van der Waals surface area contributed by atoms with Gasteiger partial charge >= 0.3 is 39.5 Å². The Morgan fingerprint density at radius 3 is 0.745 bits per heavy atom. The van der Waals surface area contributed by atoms with Crippen LogP contribution in [0.25, 0.3) is 0 Å². The molecule has 0 heterocycles. The summed E-state index contributed by atoms with van der Waals surface area (Å²) >= 11 is 0. The van der Waals surface area contributed by atoms with E-state index in [1.165, 1.54) is 238 Å². The molecule has 0 saturated heterocycles. The van der Waals surface area contributed by atoms with E-state index < -0.39 is 97.5 Å². The third-order valence-electron chi connectivity index (χ3n) is 19.7. The van der Waals surface area contributed by atoms with Crippen LogP contribution in [0.3, 0.4) is 0 Å². The Bertz CT molecular complexity index is 1980. The van der Waals surface area contributed by atoms with Gasteiger partial charge in [0.1, 0.15) is 19.3 Å². The number of hydrogen-bond donors (Lipinski definition) is 3. The van der Waals surface area contributed by atoms with Gasteiger partial charge in [-0.3, -0.25) is 37.3 Å². The third-order valence-corrected chi connectivity index (χ3v) is 21.6. The molecule has 0 bridgehead atoms. The molecule has 3 unspecified atom stereocenters. The van der Waals surface area contributed by atoms with E-state index in [0.29, 0.717) is 25.7 Å². The van der Waals surface area contributed by atoms with E-state index in [1.807, 2.05) is 0 Å². The van der Waals surface area contributed by atoms with Gasteiger partial charge in [-0.2, -0.15) is 0 Å². The monoisotopic (exact) mass is 1490 g/mol. The molecule has 102 heavy (non-hydrogen) atoms. The van der Waals surface area contributed by atoms with E-state index in [0.717, 1.165) is 114 Å². The van der Waals surface area contributed by atoms with Crippen LogP contribution in [0.5, 0.6) is 0 Å². The van der Waals surface area contributed by atoms with Gasteiger partial charge in [0, 0.05) is 25.7 Å². The molecule has 0 spiro atoms. The zero-order valence-corrected chi connectivity index (χ0v) is 68.9. The van der Waals surface area contributed by atoms with Crippen LogP contribution in [-0.2, 0) is 65.4 Å². The minimum atomic E-state index is -4.96. The first kappa shape index (κ1) is 100. The van der Waals surface area contributed by atoms with Gasteiger partial charge in [-0.15, -0.1) is 0 Å². The molecule has 0 aromatic carbocycles. The Labute approximate surface area is 626 Å². The van der Waals surface area contributed by atoms with E-state index in [4.69, 9.17) is 37.0 Å². The van der Waals surface area contributed by atoms with Crippen molar-refractivity contribution in [3.63, 3.8) is 0 Å². The van der Waals surface area contributed by atoms with Crippen LogP contribution >= 0.6 is 15.6 Å². The van der Waals surface area contributed by atoms with Crippen LogP contribution in [0.15, 0.2) is 0 Å². The van der Waals surface area contributed by atoms with Crippen LogP contribution in [0.2, 0.25) is 0 Å². The average Bonchev–Trinajstić information content (AvgIpc) is 0.916. The molecule has 0 saturated carbocycles. The largest absolute Gasteiger partial charge is 0.472 e. The lowest BCUT2D eigenvalue weighted by Crippen LogP contribution is -2.30. The van der Waals surface area contributed by atoms with Gasteiger partial charge in [0.25, 0.3) is 0 Å². The van der Waals surface area contributed by atoms with Gasteiger partial charge in [-0.05, 0) is 43.4 Å². The molecular formula is C83H162O17P2. The normalized spacial score (nSPS) is 14.2. The number of carbonyl (C=O) groups is 4. The Hall–Kier alpha value is -1.94. The quantitative estimate of drug-likeness (QED) is 0.0222. The lowest BCUT2D eigenvalue weighted by molar-refractivity contribution is -0.161. The van der Waals surface area contributed by atoms with Crippen molar-refractivity contribution in [3.05, 3.63) is 0 Å². The molecule has 6 atom stereocenters. The molecule has 0 aromatic rings. The molecule has 0 fully saturated rings. The molecule has 0 rings (SSSR count). The van der Waals surface area contributed by atoms with Crippen molar-refractivity contribution in [3.8, 4) is 0 Å². The number of phosphoric acid groups is 2. The van der Waals surface area contributed by atoms with Crippen molar-refractivity contribution in [2.24, 2.45) is 17.8 Å². The fourth-order valence-electron chi connectivity index (χ4n) is 12.8. The van der Waals surface area contributed by atoms with Crippen molar-refractivity contribution in [1.29, 1.82) is 0 Å². The maximum atomic E-state index is 13.1. The minimum absolute atomic E-state index is 0.107. The van der Waals surface area contributed by atoms with Gasteiger partial charge in [0.15, 0.2) is 12.2 Å². The molecule has 0 aromatic heterocycles. The zero-order valence-electron chi connectivity index (χ0n) is 67.1. The van der Waals surface area contributed by atoms with Crippen LogP contribution in [0.4, 0.5) is 0 Å². The molecule has 0 aliphatic carbocycles. The number of rotatable bonds is 81. The van der Waals surface area contributed by atoms with E-state index in [9.17, 15) is 43.2 Å². The Morgan fingerprint density at radius 2 is 0.500 bits per heavy atom. The Morgan fingerprint density at radius 1 is 0.284 bits per heavy atom. The minimum Gasteiger partial charge on any atom is -0.462 e. The van der Waals surface area contributed by atoms with E-state index in [1.54, 1.807) is 0 Å². The summed E-state index contributed by atoms with van der Waals surface area (Å²) in [5.41, 5.74) is 0. The first-order chi connectivity index (χ1) is 49.3. The number of unbranched alkanes of at least 4 members (excludes halogenated alkanes) is 48. The summed E-state index contributed by atoms with van der Waals surface area (Å²) < 4.78 is 68.8. The number of carbonyl (C=O) groups excluding carboxylic acids is 4. The van der Waals surface area contributed by atoms with Gasteiger partial charge < -0.3 is 33.8 Å². The highest BCUT2D eigenvalue weighted by Crippen LogP contribution is 2.45. The first-order valence-corrected chi connectivity index (χ1v) is 45.9. The number of phosphoric ester groups is 2. The summed E-state index contributed by atoms with van der Waals surface area (Å²) in [5, 5.41) is 10.7. The van der Waals surface area contributed by atoms with Gasteiger partial charge in [0.05, 0.1) is 26.4 Å². The molecule has 0 radical (unpaired) electrons. The second-order valence-corrected chi connectivity index (χ2v) is 34.0. The molecule has 0 aliphatic rings. The number of esters is 4. The highest BCUT2D eigenvalue weighted by Gasteiger charge is 2.30. The fourth-order valence-corrected chi connectivity index (χ4v) is 14.4. The van der Waals surface area contributed by atoms with Crippen LogP contribution in [0.1, 0.15) is 434 Å². The summed E-state index contributed by atoms with van der Waals surface area (Å²) in [6.07, 6.45) is 62.5. The predicted octanol–water partition coefficient (Wildman–Crippen LogP) is 24.9. The predicted molar refractivity (Wildman–Crippen MR) is 418 cm³/mol. The maximum Gasteiger partial charge on any atom is 0.472 e. The summed E-state index contributed by atoms with van der Waals surface area (Å²) in [4.78, 5) is 73.1. The van der Waals surface area contributed by atoms with Crippen molar-refractivity contribution in [1.82, 2.24) is 0 Å². The summed E-state index contributed by atoms with van der Waals surface area (Å²) in [6, 6.07) is 0. The Balaban J connectivity index is 5.24. The topological polar surface area (TPSA) is 237 Å². The van der Waals surface area contributed by atoms with Gasteiger partial charge in [0.2, 0.25) is 0 Å². The number of ether oxygens (including phenoxy) is 4. The Kier molecular flexibility index (Phi) is 71.8. The second kappa shape index (κ2) is 73.2.